The van der Waals surface area contributed by atoms with Crippen LogP contribution >= 0.6 is 11.3 Å². The van der Waals surface area contributed by atoms with Crippen molar-refractivity contribution in [2.24, 2.45) is 0 Å². The molecule has 1 atom stereocenters. The minimum atomic E-state index is -0.0770. The molecule has 1 amide bonds. The van der Waals surface area contributed by atoms with E-state index in [0.717, 1.165) is 34.6 Å². The van der Waals surface area contributed by atoms with Gasteiger partial charge in [-0.15, -0.1) is 11.3 Å². The Kier molecular flexibility index (Phi) is 5.68. The molecule has 0 saturated heterocycles. The lowest BCUT2D eigenvalue weighted by Gasteiger charge is -2.15. The molecule has 0 bridgehead atoms. The van der Waals surface area contributed by atoms with E-state index in [0.29, 0.717) is 11.5 Å². The van der Waals surface area contributed by atoms with E-state index in [1.165, 1.54) is 17.7 Å². The maximum atomic E-state index is 12.5. The Morgan fingerprint density at radius 3 is 2.82 bits per heavy atom. The molecule has 6 nitrogen and oxygen atoms in total. The molecule has 0 aliphatic carbocycles. The average molecular weight is 322 g/mol. The van der Waals surface area contributed by atoms with Crippen LogP contribution in [0.25, 0.3) is 10.2 Å². The molecule has 2 rings (SSSR count). The molecule has 0 fully saturated rings. The molecule has 0 aromatic carbocycles. The first-order chi connectivity index (χ1) is 10.6. The molecular formula is C15H22N4O2S. The number of carbonyl (C=O) groups is 1. The predicted octanol–water partition coefficient (Wildman–Crippen LogP) is 2.59. The largest absolute Gasteiger partial charge is 0.383 e. The van der Waals surface area contributed by atoms with Gasteiger partial charge in [0.15, 0.2) is 0 Å². The maximum absolute atomic E-state index is 12.5. The van der Waals surface area contributed by atoms with Crippen LogP contribution in [0.5, 0.6) is 0 Å². The lowest BCUT2D eigenvalue weighted by molar-refractivity contribution is 0.0898. The second-order valence-corrected chi connectivity index (χ2v) is 6.02. The number of rotatable bonds is 7. The Bertz CT molecular complexity index is 656. The molecule has 0 saturated carbocycles. The summed E-state index contributed by atoms with van der Waals surface area (Å²) in [6, 6.07) is 0.0152. The molecule has 2 aromatic heterocycles. The maximum Gasteiger partial charge on any atom is 0.262 e. The summed E-state index contributed by atoms with van der Waals surface area (Å²) in [5.41, 5.74) is 0.918. The molecule has 120 valence electrons. The van der Waals surface area contributed by atoms with Gasteiger partial charge in [0.1, 0.15) is 17.0 Å². The van der Waals surface area contributed by atoms with E-state index in [1.54, 1.807) is 7.11 Å². The van der Waals surface area contributed by atoms with Crippen molar-refractivity contribution in [1.29, 1.82) is 0 Å². The van der Waals surface area contributed by atoms with Gasteiger partial charge in [-0.05, 0) is 25.8 Å². The summed E-state index contributed by atoms with van der Waals surface area (Å²) in [5, 5.41) is 7.16. The Hall–Kier alpha value is -1.73. The summed E-state index contributed by atoms with van der Waals surface area (Å²) in [5.74, 6) is 0.705. The first kappa shape index (κ1) is 16.6. The van der Waals surface area contributed by atoms with Crippen LogP contribution in [0.2, 0.25) is 0 Å². The molecule has 1 unspecified atom stereocenters. The summed E-state index contributed by atoms with van der Waals surface area (Å²) in [6.45, 7) is 7.26. The first-order valence-corrected chi connectivity index (χ1v) is 8.21. The number of hydrogen-bond acceptors (Lipinski definition) is 6. The van der Waals surface area contributed by atoms with E-state index in [-0.39, 0.29) is 11.9 Å². The van der Waals surface area contributed by atoms with Crippen LogP contribution in [0.4, 0.5) is 5.82 Å². The minimum absolute atomic E-state index is 0.0152. The zero-order valence-corrected chi connectivity index (χ0v) is 14.2. The normalized spacial score (nSPS) is 12.4. The quantitative estimate of drug-likeness (QED) is 0.819. The van der Waals surface area contributed by atoms with Crippen LogP contribution in [0.3, 0.4) is 0 Å². The number of hydrogen-bond donors (Lipinski definition) is 2. The van der Waals surface area contributed by atoms with Crippen molar-refractivity contribution >= 4 is 33.3 Å². The summed E-state index contributed by atoms with van der Waals surface area (Å²) < 4.78 is 5.13. The highest BCUT2D eigenvalue weighted by molar-refractivity contribution is 7.20. The highest BCUT2D eigenvalue weighted by atomic mass is 32.1. The molecule has 0 radical (unpaired) electrons. The third kappa shape index (κ3) is 3.36. The van der Waals surface area contributed by atoms with E-state index >= 15 is 0 Å². The smallest absolute Gasteiger partial charge is 0.262 e. The van der Waals surface area contributed by atoms with Crippen molar-refractivity contribution in [3.63, 3.8) is 0 Å². The van der Waals surface area contributed by atoms with Crippen molar-refractivity contribution in [2.45, 2.75) is 33.2 Å². The average Bonchev–Trinajstić information content (AvgIpc) is 2.85. The van der Waals surface area contributed by atoms with E-state index < -0.39 is 0 Å². The molecule has 0 aliphatic rings. The Labute approximate surface area is 134 Å². The molecule has 0 aliphatic heterocycles. The predicted molar refractivity (Wildman–Crippen MR) is 89.7 cm³/mol. The second kappa shape index (κ2) is 7.51. The van der Waals surface area contributed by atoms with Gasteiger partial charge in [0.25, 0.3) is 5.91 Å². The van der Waals surface area contributed by atoms with Crippen LogP contribution in [0.1, 0.15) is 35.5 Å². The fourth-order valence-corrected chi connectivity index (χ4v) is 3.36. The van der Waals surface area contributed by atoms with Crippen LogP contribution in [-0.4, -0.2) is 42.2 Å². The summed E-state index contributed by atoms with van der Waals surface area (Å²) in [7, 11) is 1.64. The van der Waals surface area contributed by atoms with Gasteiger partial charge in [-0.3, -0.25) is 4.79 Å². The number of fused-ring (bicyclic) bond motifs is 1. The van der Waals surface area contributed by atoms with Gasteiger partial charge < -0.3 is 15.4 Å². The zero-order valence-electron chi connectivity index (χ0n) is 13.4. The summed E-state index contributed by atoms with van der Waals surface area (Å²) in [4.78, 5) is 22.6. The summed E-state index contributed by atoms with van der Waals surface area (Å²) in [6.07, 6.45) is 2.35. The number of carbonyl (C=O) groups excluding carboxylic acids is 1. The fourth-order valence-electron chi connectivity index (χ4n) is 2.30. The Morgan fingerprint density at radius 1 is 1.41 bits per heavy atom. The van der Waals surface area contributed by atoms with Gasteiger partial charge in [0.05, 0.1) is 22.9 Å². The van der Waals surface area contributed by atoms with Crippen LogP contribution in [-0.2, 0) is 4.74 Å². The SMILES string of the molecule is CCNc1ncnc2sc(C(=O)NC(CC)COC)c(C)c12. The lowest BCUT2D eigenvalue weighted by Crippen LogP contribution is -2.37. The monoisotopic (exact) mass is 322 g/mol. The number of anilines is 1. The van der Waals surface area contributed by atoms with Gasteiger partial charge in [0, 0.05) is 13.7 Å². The number of methoxy groups -OCH3 is 1. The lowest BCUT2D eigenvalue weighted by atomic mass is 10.1. The van der Waals surface area contributed by atoms with E-state index in [2.05, 4.69) is 20.6 Å². The highest BCUT2D eigenvalue weighted by Gasteiger charge is 2.20. The fraction of sp³-hybridized carbons (Fsp3) is 0.533. The van der Waals surface area contributed by atoms with Gasteiger partial charge in [-0.2, -0.15) is 0 Å². The van der Waals surface area contributed by atoms with Gasteiger partial charge in [0.2, 0.25) is 0 Å². The van der Waals surface area contributed by atoms with Crippen LogP contribution < -0.4 is 10.6 Å². The summed E-state index contributed by atoms with van der Waals surface area (Å²) >= 11 is 1.40. The first-order valence-electron chi connectivity index (χ1n) is 7.40. The molecule has 2 heterocycles. The molecule has 22 heavy (non-hydrogen) atoms. The number of nitrogens with zero attached hydrogens (tertiary/aromatic N) is 2. The molecular weight excluding hydrogens is 300 g/mol. The number of ether oxygens (including phenoxy) is 1. The number of thiophene rings is 1. The number of aryl methyl sites for hydroxylation is 1. The molecule has 2 N–H and O–H groups in total. The van der Waals surface area contributed by atoms with Crippen LogP contribution in [0.15, 0.2) is 6.33 Å². The number of amides is 1. The third-order valence-corrected chi connectivity index (χ3v) is 4.67. The van der Waals surface area contributed by atoms with Gasteiger partial charge in [-0.1, -0.05) is 6.92 Å². The number of nitrogens with one attached hydrogen (secondary N) is 2. The van der Waals surface area contributed by atoms with E-state index in [9.17, 15) is 4.79 Å². The zero-order chi connectivity index (χ0) is 16.1. The molecule has 0 spiro atoms. The molecule has 7 heteroatoms. The van der Waals surface area contributed by atoms with E-state index in [4.69, 9.17) is 4.74 Å². The minimum Gasteiger partial charge on any atom is -0.383 e. The number of aromatic nitrogens is 2. The van der Waals surface area contributed by atoms with Crippen molar-refractivity contribution in [2.75, 3.05) is 25.6 Å². The van der Waals surface area contributed by atoms with Crippen LogP contribution in [0, 0.1) is 6.92 Å². The van der Waals surface area contributed by atoms with Crippen molar-refractivity contribution in [1.82, 2.24) is 15.3 Å². The van der Waals surface area contributed by atoms with Crippen molar-refractivity contribution in [3.05, 3.63) is 16.8 Å². The topological polar surface area (TPSA) is 76.1 Å². The van der Waals surface area contributed by atoms with Crippen molar-refractivity contribution in [3.8, 4) is 0 Å². The standard InChI is InChI=1S/C15H22N4O2S/c1-5-10(7-21-4)19-14(20)12-9(3)11-13(16-6-2)17-8-18-15(11)22-12/h8,10H,5-7H2,1-4H3,(H,19,20)(H,16,17,18). The Morgan fingerprint density at radius 2 is 2.18 bits per heavy atom. The van der Waals surface area contributed by atoms with Crippen molar-refractivity contribution < 1.29 is 9.53 Å². The second-order valence-electron chi connectivity index (χ2n) is 5.02. The molecule has 2 aromatic rings. The third-order valence-electron chi connectivity index (χ3n) is 3.47. The Balaban J connectivity index is 2.33. The highest BCUT2D eigenvalue weighted by Crippen LogP contribution is 2.33. The van der Waals surface area contributed by atoms with Gasteiger partial charge >= 0.3 is 0 Å². The van der Waals surface area contributed by atoms with E-state index in [1.807, 2.05) is 20.8 Å². The van der Waals surface area contributed by atoms with Gasteiger partial charge in [-0.25, -0.2) is 9.97 Å².